The molecule has 1 aromatic carbocycles. The average Bonchev–Trinajstić information content (AvgIpc) is 3.16. The minimum absolute atomic E-state index is 0. The lowest BCUT2D eigenvalue weighted by molar-refractivity contribution is 0.0941. The number of rotatable bonds is 7. The van der Waals surface area contributed by atoms with E-state index in [1.54, 1.807) is 30.3 Å². The van der Waals surface area contributed by atoms with Crippen LogP contribution in [0.3, 0.4) is 0 Å². The summed E-state index contributed by atoms with van der Waals surface area (Å²) in [6, 6.07) is 8.30. The lowest BCUT2D eigenvalue weighted by Crippen LogP contribution is -2.49. The molecular weight excluding hydrogens is 393 g/mol. The van der Waals surface area contributed by atoms with Crippen LogP contribution in [0.25, 0.3) is 0 Å². The van der Waals surface area contributed by atoms with Crippen LogP contribution >= 0.6 is 35.3 Å². The molecule has 0 fully saturated rings. The van der Waals surface area contributed by atoms with Crippen molar-refractivity contribution in [3.05, 3.63) is 51.2 Å². The van der Waals surface area contributed by atoms with E-state index >= 15 is 0 Å². The standard InChI is InChI=1S/C18H22ClN3O2S.ClH/c1-3-18(20,4-2)11-21-16(23)12-7-8-13(19)14(10-12)22-17(24)15-6-5-9-25-15;/h5-10H,3-4,11,20H2,1-2H3,(H,21,23)(H,22,24);1H. The topological polar surface area (TPSA) is 84.2 Å². The Hall–Kier alpha value is -1.60. The van der Waals surface area contributed by atoms with E-state index in [9.17, 15) is 9.59 Å². The highest BCUT2D eigenvalue weighted by atomic mass is 35.5. The highest BCUT2D eigenvalue weighted by Gasteiger charge is 2.21. The average molecular weight is 416 g/mol. The number of nitrogens with one attached hydrogen (secondary N) is 2. The van der Waals surface area contributed by atoms with Crippen LogP contribution in [0.4, 0.5) is 5.69 Å². The molecule has 0 aliphatic heterocycles. The molecule has 26 heavy (non-hydrogen) atoms. The number of benzene rings is 1. The molecule has 2 amide bonds. The number of carbonyl (C=O) groups is 2. The van der Waals surface area contributed by atoms with Crippen LogP contribution in [0.2, 0.25) is 5.02 Å². The van der Waals surface area contributed by atoms with Gasteiger partial charge in [-0.15, -0.1) is 23.7 Å². The van der Waals surface area contributed by atoms with Gasteiger partial charge in [-0.2, -0.15) is 0 Å². The molecule has 2 aromatic rings. The summed E-state index contributed by atoms with van der Waals surface area (Å²) in [4.78, 5) is 25.1. The van der Waals surface area contributed by atoms with Crippen LogP contribution in [-0.2, 0) is 0 Å². The second-order valence-corrected chi connectivity index (χ2v) is 7.23. The predicted octanol–water partition coefficient (Wildman–Crippen LogP) is 4.32. The summed E-state index contributed by atoms with van der Waals surface area (Å²) in [6.07, 6.45) is 1.54. The molecule has 0 radical (unpaired) electrons. The summed E-state index contributed by atoms with van der Waals surface area (Å²) >= 11 is 7.47. The first-order valence-electron chi connectivity index (χ1n) is 8.10. The molecule has 0 bridgehead atoms. The van der Waals surface area contributed by atoms with Crippen LogP contribution in [-0.4, -0.2) is 23.9 Å². The third-order valence-electron chi connectivity index (χ3n) is 4.23. The Labute approximate surface area is 168 Å². The lowest BCUT2D eigenvalue weighted by Gasteiger charge is -2.26. The fourth-order valence-electron chi connectivity index (χ4n) is 2.21. The fourth-order valence-corrected chi connectivity index (χ4v) is 3.00. The minimum atomic E-state index is -0.418. The van der Waals surface area contributed by atoms with E-state index in [0.29, 0.717) is 27.7 Å². The molecule has 1 heterocycles. The van der Waals surface area contributed by atoms with Crippen molar-refractivity contribution < 1.29 is 9.59 Å². The Morgan fingerprint density at radius 3 is 2.46 bits per heavy atom. The Morgan fingerprint density at radius 1 is 1.19 bits per heavy atom. The van der Waals surface area contributed by atoms with Crippen LogP contribution in [0.1, 0.15) is 46.7 Å². The van der Waals surface area contributed by atoms with Gasteiger partial charge < -0.3 is 16.4 Å². The van der Waals surface area contributed by atoms with Crippen LogP contribution in [0, 0.1) is 0 Å². The fraction of sp³-hybridized carbons (Fsp3) is 0.333. The van der Waals surface area contributed by atoms with E-state index < -0.39 is 5.54 Å². The van der Waals surface area contributed by atoms with Gasteiger partial charge in [0, 0.05) is 17.6 Å². The SMILES string of the molecule is CCC(N)(CC)CNC(=O)c1ccc(Cl)c(NC(=O)c2cccs2)c1.Cl. The number of carbonyl (C=O) groups excluding carboxylic acids is 2. The van der Waals surface area contributed by atoms with E-state index in [0.717, 1.165) is 12.8 Å². The van der Waals surface area contributed by atoms with Gasteiger partial charge in [-0.05, 0) is 42.5 Å². The van der Waals surface area contributed by atoms with Crippen molar-refractivity contribution in [1.29, 1.82) is 0 Å². The van der Waals surface area contributed by atoms with Gasteiger partial charge in [0.2, 0.25) is 0 Å². The maximum absolute atomic E-state index is 12.4. The minimum Gasteiger partial charge on any atom is -0.350 e. The maximum Gasteiger partial charge on any atom is 0.265 e. The van der Waals surface area contributed by atoms with Crippen molar-refractivity contribution in [2.24, 2.45) is 5.73 Å². The van der Waals surface area contributed by atoms with Gasteiger partial charge in [0.25, 0.3) is 11.8 Å². The second-order valence-electron chi connectivity index (χ2n) is 5.88. The van der Waals surface area contributed by atoms with E-state index in [1.807, 2.05) is 19.2 Å². The summed E-state index contributed by atoms with van der Waals surface area (Å²) in [5.74, 6) is -0.507. The Balaban J connectivity index is 0.00000338. The molecule has 1 aromatic heterocycles. The monoisotopic (exact) mass is 415 g/mol. The molecule has 0 atom stereocenters. The van der Waals surface area contributed by atoms with Gasteiger partial charge in [-0.25, -0.2) is 0 Å². The molecule has 4 N–H and O–H groups in total. The van der Waals surface area contributed by atoms with Crippen LogP contribution < -0.4 is 16.4 Å². The van der Waals surface area contributed by atoms with Crippen LogP contribution in [0.5, 0.6) is 0 Å². The van der Waals surface area contributed by atoms with Crippen molar-refractivity contribution in [2.75, 3.05) is 11.9 Å². The highest BCUT2D eigenvalue weighted by Crippen LogP contribution is 2.24. The van der Waals surface area contributed by atoms with Crippen molar-refractivity contribution in [3.8, 4) is 0 Å². The quantitative estimate of drug-likeness (QED) is 0.629. The van der Waals surface area contributed by atoms with Crippen LogP contribution in [0.15, 0.2) is 35.7 Å². The Morgan fingerprint density at radius 2 is 1.88 bits per heavy atom. The summed E-state index contributed by atoms with van der Waals surface area (Å²) in [5.41, 5.74) is 6.60. The molecule has 0 saturated carbocycles. The third-order valence-corrected chi connectivity index (χ3v) is 5.43. The van der Waals surface area contributed by atoms with E-state index in [-0.39, 0.29) is 24.2 Å². The summed E-state index contributed by atoms with van der Waals surface area (Å²) < 4.78 is 0. The zero-order valence-electron chi connectivity index (χ0n) is 14.7. The molecule has 142 valence electrons. The van der Waals surface area contributed by atoms with Gasteiger partial charge in [-0.1, -0.05) is 31.5 Å². The number of nitrogens with two attached hydrogens (primary N) is 1. The smallest absolute Gasteiger partial charge is 0.265 e. The zero-order chi connectivity index (χ0) is 18.4. The molecule has 0 aliphatic carbocycles. The number of hydrogen-bond donors (Lipinski definition) is 3. The second kappa shape index (κ2) is 9.92. The van der Waals surface area contributed by atoms with Crippen molar-refractivity contribution in [2.45, 2.75) is 32.2 Å². The molecule has 0 spiro atoms. The zero-order valence-corrected chi connectivity index (χ0v) is 17.1. The number of halogens is 2. The summed E-state index contributed by atoms with van der Waals surface area (Å²) in [6.45, 7) is 4.38. The van der Waals surface area contributed by atoms with E-state index in [1.165, 1.54) is 11.3 Å². The molecule has 2 rings (SSSR count). The molecule has 8 heteroatoms. The van der Waals surface area contributed by atoms with Crippen molar-refractivity contribution >= 4 is 52.8 Å². The first-order chi connectivity index (χ1) is 11.9. The molecule has 0 saturated heterocycles. The largest absolute Gasteiger partial charge is 0.350 e. The summed E-state index contributed by atoms with van der Waals surface area (Å²) in [5, 5.41) is 7.78. The van der Waals surface area contributed by atoms with Crippen molar-refractivity contribution in [3.63, 3.8) is 0 Å². The normalized spacial score (nSPS) is 10.8. The Kier molecular flexibility index (Phi) is 8.56. The van der Waals surface area contributed by atoms with Gasteiger partial charge in [0.05, 0.1) is 15.6 Å². The maximum atomic E-state index is 12.4. The highest BCUT2D eigenvalue weighted by molar-refractivity contribution is 7.12. The Bertz CT molecular complexity index is 747. The predicted molar refractivity (Wildman–Crippen MR) is 111 cm³/mol. The number of amides is 2. The lowest BCUT2D eigenvalue weighted by atomic mass is 9.94. The molecule has 0 aliphatic rings. The first-order valence-corrected chi connectivity index (χ1v) is 9.36. The number of thiophene rings is 1. The van der Waals surface area contributed by atoms with Gasteiger partial charge in [0.15, 0.2) is 0 Å². The molecule has 5 nitrogen and oxygen atoms in total. The summed E-state index contributed by atoms with van der Waals surface area (Å²) in [7, 11) is 0. The van der Waals surface area contributed by atoms with Gasteiger partial charge in [-0.3, -0.25) is 9.59 Å². The molecular formula is C18H23Cl2N3O2S. The third kappa shape index (κ3) is 5.71. The van der Waals surface area contributed by atoms with E-state index in [2.05, 4.69) is 10.6 Å². The number of hydrogen-bond acceptors (Lipinski definition) is 4. The number of anilines is 1. The van der Waals surface area contributed by atoms with Gasteiger partial charge in [0.1, 0.15) is 0 Å². The van der Waals surface area contributed by atoms with Crippen molar-refractivity contribution in [1.82, 2.24) is 5.32 Å². The van der Waals surface area contributed by atoms with E-state index in [4.69, 9.17) is 17.3 Å². The molecule has 0 unspecified atom stereocenters. The first kappa shape index (κ1) is 22.4. The van der Waals surface area contributed by atoms with Gasteiger partial charge >= 0.3 is 0 Å².